The van der Waals surface area contributed by atoms with Crippen molar-refractivity contribution in [2.45, 2.75) is 0 Å². The van der Waals surface area contributed by atoms with Gasteiger partial charge in [-0.15, -0.1) is 11.3 Å². The summed E-state index contributed by atoms with van der Waals surface area (Å²) < 4.78 is 5.07. The molecule has 0 saturated carbocycles. The van der Waals surface area contributed by atoms with E-state index in [-0.39, 0.29) is 0 Å². The topological polar surface area (TPSA) is 8.17 Å². The van der Waals surface area contributed by atoms with Crippen LogP contribution in [0.2, 0.25) is 0 Å². The maximum Gasteiger partial charge on any atom is 0.0547 e. The Morgan fingerprint density at radius 2 is 0.754 bits per heavy atom. The highest BCUT2D eigenvalue weighted by Gasteiger charge is 2.19. The molecule has 2 aromatic heterocycles. The Morgan fingerprint density at radius 1 is 0.275 bits per heavy atom. The first-order valence-electron chi connectivity index (χ1n) is 23.6. The van der Waals surface area contributed by atoms with Crippen molar-refractivity contribution in [3.63, 3.8) is 0 Å². The molecule has 3 heteroatoms. The van der Waals surface area contributed by atoms with E-state index in [0.717, 1.165) is 22.6 Å². The molecule has 0 fully saturated rings. The molecule has 0 aliphatic rings. The Bertz CT molecular complexity index is 3980. The zero-order chi connectivity index (χ0) is 45.7. The maximum atomic E-state index is 2.44. The van der Waals surface area contributed by atoms with Crippen molar-refractivity contribution < 1.29 is 0 Å². The Labute approximate surface area is 405 Å². The molecule has 0 spiro atoms. The van der Waals surface area contributed by atoms with E-state index in [9.17, 15) is 0 Å². The molecule has 324 valence electrons. The summed E-state index contributed by atoms with van der Waals surface area (Å²) in [4.78, 5) is 2.37. The van der Waals surface area contributed by atoms with E-state index in [1.54, 1.807) is 0 Å². The summed E-state index contributed by atoms with van der Waals surface area (Å²) in [6.45, 7) is 0. The van der Waals surface area contributed by atoms with Gasteiger partial charge in [-0.05, 0) is 128 Å². The fourth-order valence-electron chi connectivity index (χ4n) is 10.3. The van der Waals surface area contributed by atoms with Gasteiger partial charge in [-0.1, -0.05) is 194 Å². The van der Waals surface area contributed by atoms with Crippen LogP contribution in [0.15, 0.2) is 267 Å². The second kappa shape index (κ2) is 17.2. The van der Waals surface area contributed by atoms with E-state index in [0.29, 0.717) is 0 Å². The van der Waals surface area contributed by atoms with E-state index >= 15 is 0 Å². The summed E-state index contributed by atoms with van der Waals surface area (Å²) in [6, 6.07) is 97.3. The van der Waals surface area contributed by atoms with Crippen LogP contribution in [0.1, 0.15) is 0 Å². The zero-order valence-corrected chi connectivity index (χ0v) is 38.5. The molecule has 0 aliphatic heterocycles. The number of para-hydroxylation sites is 1. The van der Waals surface area contributed by atoms with Gasteiger partial charge in [0.1, 0.15) is 0 Å². The highest BCUT2D eigenvalue weighted by molar-refractivity contribution is 7.25. The molecular weight excluding hydrogens is 853 g/mol. The van der Waals surface area contributed by atoms with Gasteiger partial charge >= 0.3 is 0 Å². The van der Waals surface area contributed by atoms with Crippen molar-refractivity contribution >= 4 is 70.4 Å². The number of nitrogens with zero attached hydrogens (tertiary/aromatic N) is 2. The Morgan fingerprint density at radius 3 is 1.42 bits per heavy atom. The van der Waals surface area contributed by atoms with Crippen LogP contribution in [-0.2, 0) is 0 Å². The van der Waals surface area contributed by atoms with Crippen LogP contribution in [0, 0.1) is 0 Å². The molecule has 0 atom stereocenters. The molecule has 2 nitrogen and oxygen atoms in total. The lowest BCUT2D eigenvalue weighted by atomic mass is 9.95. The molecule has 11 aromatic carbocycles. The van der Waals surface area contributed by atoms with Crippen LogP contribution in [0.5, 0.6) is 0 Å². The molecule has 0 radical (unpaired) electrons. The van der Waals surface area contributed by atoms with E-state index in [1.165, 1.54) is 97.7 Å². The molecule has 0 aliphatic carbocycles. The summed E-state index contributed by atoms with van der Waals surface area (Å²) in [7, 11) is 0. The van der Waals surface area contributed by atoms with Gasteiger partial charge in [0.2, 0.25) is 0 Å². The van der Waals surface area contributed by atoms with Crippen molar-refractivity contribution in [2.24, 2.45) is 0 Å². The Balaban J connectivity index is 0.878. The van der Waals surface area contributed by atoms with Gasteiger partial charge < -0.3 is 9.47 Å². The number of fused-ring (bicyclic) bond motifs is 6. The van der Waals surface area contributed by atoms with Gasteiger partial charge in [-0.3, -0.25) is 0 Å². The summed E-state index contributed by atoms with van der Waals surface area (Å²) in [5.74, 6) is 0. The zero-order valence-electron chi connectivity index (χ0n) is 37.7. The highest BCUT2D eigenvalue weighted by atomic mass is 32.1. The number of rotatable bonds is 9. The van der Waals surface area contributed by atoms with Gasteiger partial charge in [-0.2, -0.15) is 0 Å². The van der Waals surface area contributed by atoms with Crippen LogP contribution in [0.25, 0.3) is 103 Å². The minimum Gasteiger partial charge on any atom is -0.310 e. The van der Waals surface area contributed by atoms with Crippen LogP contribution in [0.3, 0.4) is 0 Å². The third-order valence-electron chi connectivity index (χ3n) is 13.6. The minimum atomic E-state index is 1.09. The second-order valence-corrected chi connectivity index (χ2v) is 18.8. The smallest absolute Gasteiger partial charge is 0.0547 e. The third-order valence-corrected chi connectivity index (χ3v) is 14.7. The molecule has 2 heterocycles. The average molecular weight is 897 g/mol. The van der Waals surface area contributed by atoms with E-state index < -0.39 is 0 Å². The number of anilines is 3. The van der Waals surface area contributed by atoms with E-state index in [2.05, 4.69) is 276 Å². The number of hydrogen-bond acceptors (Lipinski definition) is 2. The lowest BCUT2D eigenvalue weighted by Crippen LogP contribution is -2.10. The van der Waals surface area contributed by atoms with Gasteiger partial charge in [0.05, 0.1) is 11.0 Å². The first kappa shape index (κ1) is 40.5. The van der Waals surface area contributed by atoms with Crippen molar-refractivity contribution in [3.05, 3.63) is 267 Å². The lowest BCUT2D eigenvalue weighted by molar-refractivity contribution is 1.19. The average Bonchev–Trinajstić information content (AvgIpc) is 3.98. The monoisotopic (exact) mass is 896 g/mol. The van der Waals surface area contributed by atoms with Crippen molar-refractivity contribution in [3.8, 4) is 61.3 Å². The number of thiophene rings is 1. The molecule has 0 saturated heterocycles. The molecular formula is C66H44N2S. The fraction of sp³-hybridized carbons (Fsp3) is 0. The molecule has 0 N–H and O–H groups in total. The normalized spacial score (nSPS) is 11.5. The van der Waals surface area contributed by atoms with Gasteiger partial charge in [0, 0.05) is 53.7 Å². The van der Waals surface area contributed by atoms with Crippen LogP contribution < -0.4 is 4.90 Å². The third kappa shape index (κ3) is 7.37. The standard InChI is InChI=1S/C66H44N2S/c1-3-14-45(15-4-1)47-28-30-48(31-29-47)50-34-38-55(39-35-50)67(54-36-32-49(33-37-54)46-16-5-2-6-17-46)56-21-12-19-52(43-56)51-18-11-20-53(42-51)58-24-13-26-63-66(58)61-23-7-9-25-62(61)68(63)57-40-41-60-59-22-8-10-27-64(59)69-65(60)44-57/h1-44H. The van der Waals surface area contributed by atoms with Crippen molar-refractivity contribution in [1.29, 1.82) is 0 Å². The molecule has 0 bridgehead atoms. The molecule has 0 unspecified atom stereocenters. The number of benzene rings is 11. The summed E-state index contributed by atoms with van der Waals surface area (Å²) in [6.07, 6.45) is 0. The Kier molecular flexibility index (Phi) is 10.1. The maximum absolute atomic E-state index is 2.44. The SMILES string of the molecule is c1ccc(-c2ccc(-c3ccc(N(c4ccc(-c5ccccc5)cc4)c4cccc(-c5cccc(-c6cccc7c6c6ccccc6n7-c6ccc7c(c6)sc6ccccc67)c5)c4)cc3)cc2)cc1. The summed E-state index contributed by atoms with van der Waals surface area (Å²) in [5, 5.41) is 5.14. The number of hydrogen-bond donors (Lipinski definition) is 0. The quantitative estimate of drug-likeness (QED) is 0.140. The lowest BCUT2D eigenvalue weighted by Gasteiger charge is -2.26. The van der Waals surface area contributed by atoms with Gasteiger partial charge in [0.15, 0.2) is 0 Å². The van der Waals surface area contributed by atoms with Crippen LogP contribution >= 0.6 is 11.3 Å². The van der Waals surface area contributed by atoms with Crippen molar-refractivity contribution in [1.82, 2.24) is 4.57 Å². The van der Waals surface area contributed by atoms with Gasteiger partial charge in [-0.25, -0.2) is 0 Å². The van der Waals surface area contributed by atoms with Crippen LogP contribution in [-0.4, -0.2) is 4.57 Å². The molecule has 69 heavy (non-hydrogen) atoms. The Hall–Kier alpha value is -8.76. The second-order valence-electron chi connectivity index (χ2n) is 17.7. The first-order valence-corrected chi connectivity index (χ1v) is 24.4. The first-order chi connectivity index (χ1) is 34.2. The van der Waals surface area contributed by atoms with Crippen LogP contribution in [0.4, 0.5) is 17.1 Å². The van der Waals surface area contributed by atoms with Crippen molar-refractivity contribution in [2.75, 3.05) is 4.90 Å². The molecule has 13 rings (SSSR count). The summed E-state index contributed by atoms with van der Waals surface area (Å²) >= 11 is 1.87. The van der Waals surface area contributed by atoms with E-state index in [1.807, 2.05) is 11.3 Å². The largest absolute Gasteiger partial charge is 0.310 e. The van der Waals surface area contributed by atoms with Gasteiger partial charge in [0.25, 0.3) is 0 Å². The fourth-order valence-corrected chi connectivity index (χ4v) is 11.4. The summed E-state index contributed by atoms with van der Waals surface area (Å²) in [5.41, 5.74) is 18.8. The number of aromatic nitrogens is 1. The predicted octanol–water partition coefficient (Wildman–Crippen LogP) is 19.0. The highest BCUT2D eigenvalue weighted by Crippen LogP contribution is 2.43. The molecule has 13 aromatic rings. The van der Waals surface area contributed by atoms with E-state index in [4.69, 9.17) is 0 Å². The molecule has 0 amide bonds. The minimum absolute atomic E-state index is 1.09. The predicted molar refractivity (Wildman–Crippen MR) is 296 cm³/mol.